The highest BCUT2D eigenvalue weighted by Gasteiger charge is 2.29. The molecule has 2 fully saturated rings. The van der Waals surface area contributed by atoms with Gasteiger partial charge in [-0.15, -0.1) is 0 Å². The molecule has 0 aromatic rings. The van der Waals surface area contributed by atoms with Crippen molar-refractivity contribution in [1.82, 2.24) is 4.90 Å². The van der Waals surface area contributed by atoms with Crippen LogP contribution in [-0.2, 0) is 0 Å². The Bertz CT molecular complexity index is 191. The lowest BCUT2D eigenvalue weighted by Crippen LogP contribution is -2.39. The maximum atomic E-state index is 8.90. The third kappa shape index (κ3) is 1.78. The van der Waals surface area contributed by atoms with Crippen LogP contribution in [0.15, 0.2) is 0 Å². The van der Waals surface area contributed by atoms with Crippen LogP contribution in [0.3, 0.4) is 0 Å². The fraction of sp³-hybridized carbons (Fsp3) is 0.900. The maximum Gasteiger partial charge on any atom is 0.0978 e. The largest absolute Gasteiger partial charge is 0.288 e. The summed E-state index contributed by atoms with van der Waals surface area (Å²) in [6.07, 6.45) is 6.44. The van der Waals surface area contributed by atoms with E-state index in [2.05, 4.69) is 11.0 Å². The maximum absolute atomic E-state index is 8.90. The van der Waals surface area contributed by atoms with Crippen molar-refractivity contribution in [1.29, 1.82) is 5.26 Å². The van der Waals surface area contributed by atoms with Crippen LogP contribution in [0.4, 0.5) is 0 Å². The highest BCUT2D eigenvalue weighted by Crippen LogP contribution is 2.31. The molecule has 12 heavy (non-hydrogen) atoms. The van der Waals surface area contributed by atoms with E-state index in [0.29, 0.717) is 0 Å². The fourth-order valence-corrected chi connectivity index (χ4v) is 1.99. The Balaban J connectivity index is 1.86. The Morgan fingerprint density at radius 1 is 1.25 bits per heavy atom. The van der Waals surface area contributed by atoms with Crippen molar-refractivity contribution in [2.75, 3.05) is 13.1 Å². The zero-order valence-electron chi connectivity index (χ0n) is 7.50. The molecule has 1 atom stereocenters. The van der Waals surface area contributed by atoms with Crippen molar-refractivity contribution in [3.8, 4) is 6.07 Å². The van der Waals surface area contributed by atoms with E-state index < -0.39 is 0 Å². The third-order valence-electron chi connectivity index (χ3n) is 2.95. The second-order valence-corrected chi connectivity index (χ2v) is 4.08. The number of hydrogen-bond acceptors (Lipinski definition) is 2. The van der Waals surface area contributed by atoms with Gasteiger partial charge in [0.05, 0.1) is 12.1 Å². The number of rotatable bonds is 2. The van der Waals surface area contributed by atoms with Crippen molar-refractivity contribution in [2.45, 2.75) is 38.1 Å². The summed E-state index contributed by atoms with van der Waals surface area (Å²) in [6.45, 7) is 2.35. The van der Waals surface area contributed by atoms with Crippen LogP contribution < -0.4 is 0 Å². The van der Waals surface area contributed by atoms with E-state index >= 15 is 0 Å². The van der Waals surface area contributed by atoms with Crippen LogP contribution in [-0.4, -0.2) is 24.0 Å². The smallest absolute Gasteiger partial charge is 0.0978 e. The summed E-state index contributed by atoms with van der Waals surface area (Å²) < 4.78 is 0. The molecule has 0 spiro atoms. The molecule has 2 aliphatic rings. The van der Waals surface area contributed by atoms with Crippen molar-refractivity contribution in [3.05, 3.63) is 0 Å². The predicted molar refractivity (Wildman–Crippen MR) is 47.5 cm³/mol. The molecule has 0 bridgehead atoms. The van der Waals surface area contributed by atoms with E-state index in [4.69, 9.17) is 5.26 Å². The molecule has 0 radical (unpaired) electrons. The second kappa shape index (κ2) is 3.45. The predicted octanol–water partition coefficient (Wildman–Crippen LogP) is 1.77. The first-order chi connectivity index (χ1) is 5.90. The lowest BCUT2D eigenvalue weighted by Gasteiger charge is -2.31. The minimum atomic E-state index is 0.236. The van der Waals surface area contributed by atoms with E-state index in [1.54, 1.807) is 0 Å². The van der Waals surface area contributed by atoms with Crippen LogP contribution in [0, 0.1) is 17.2 Å². The van der Waals surface area contributed by atoms with Crippen molar-refractivity contribution in [2.24, 2.45) is 5.92 Å². The summed E-state index contributed by atoms with van der Waals surface area (Å²) in [5.74, 6) is 0.930. The van der Waals surface area contributed by atoms with Gasteiger partial charge in [0.15, 0.2) is 0 Å². The number of piperidine rings is 1. The van der Waals surface area contributed by atoms with Crippen LogP contribution in [0.5, 0.6) is 0 Å². The highest BCUT2D eigenvalue weighted by atomic mass is 15.2. The first-order valence-corrected chi connectivity index (χ1v) is 5.04. The summed E-state index contributed by atoms with van der Waals surface area (Å²) in [5, 5.41) is 8.90. The quantitative estimate of drug-likeness (QED) is 0.622. The molecule has 1 saturated carbocycles. The molecule has 2 nitrogen and oxygen atoms in total. The van der Waals surface area contributed by atoms with E-state index in [1.807, 2.05) is 0 Å². The van der Waals surface area contributed by atoms with Gasteiger partial charge in [-0.05, 0) is 44.6 Å². The Hall–Kier alpha value is -0.550. The van der Waals surface area contributed by atoms with Gasteiger partial charge in [0.2, 0.25) is 0 Å². The lowest BCUT2D eigenvalue weighted by molar-refractivity contribution is 0.177. The van der Waals surface area contributed by atoms with Gasteiger partial charge in [-0.25, -0.2) is 0 Å². The van der Waals surface area contributed by atoms with Crippen LogP contribution >= 0.6 is 0 Å². The number of nitrogens with zero attached hydrogens (tertiary/aromatic N) is 2. The SMILES string of the molecule is N#CC1CCCCN1CC1CC1. The normalized spacial score (nSPS) is 31.4. The molecule has 2 heteroatoms. The highest BCUT2D eigenvalue weighted by molar-refractivity contribution is 4.95. The summed E-state index contributed by atoms with van der Waals surface area (Å²) >= 11 is 0. The Kier molecular flexibility index (Phi) is 2.32. The summed E-state index contributed by atoms with van der Waals surface area (Å²) in [5.41, 5.74) is 0. The van der Waals surface area contributed by atoms with Gasteiger partial charge in [-0.3, -0.25) is 4.90 Å². The van der Waals surface area contributed by atoms with Crippen molar-refractivity contribution >= 4 is 0 Å². The molecule has 0 amide bonds. The first-order valence-electron chi connectivity index (χ1n) is 5.04. The minimum absolute atomic E-state index is 0.236. The molecular formula is C10H16N2. The average molecular weight is 164 g/mol. The summed E-state index contributed by atoms with van der Waals surface area (Å²) in [6, 6.07) is 2.65. The molecule has 66 valence electrons. The molecule has 1 saturated heterocycles. The zero-order valence-corrected chi connectivity index (χ0v) is 7.50. The van der Waals surface area contributed by atoms with Gasteiger partial charge in [0, 0.05) is 6.54 Å². The molecule has 0 aromatic heterocycles. The zero-order chi connectivity index (χ0) is 8.39. The monoisotopic (exact) mass is 164 g/mol. The average Bonchev–Trinajstić information content (AvgIpc) is 2.89. The molecule has 1 heterocycles. The lowest BCUT2D eigenvalue weighted by atomic mass is 10.0. The van der Waals surface area contributed by atoms with Gasteiger partial charge < -0.3 is 0 Å². The number of nitriles is 1. The van der Waals surface area contributed by atoms with Crippen molar-refractivity contribution in [3.63, 3.8) is 0 Å². The van der Waals surface area contributed by atoms with Gasteiger partial charge in [-0.1, -0.05) is 0 Å². The fourth-order valence-electron chi connectivity index (χ4n) is 1.99. The van der Waals surface area contributed by atoms with Crippen LogP contribution in [0.1, 0.15) is 32.1 Å². The topological polar surface area (TPSA) is 27.0 Å². The van der Waals surface area contributed by atoms with Gasteiger partial charge >= 0.3 is 0 Å². The molecule has 2 rings (SSSR count). The van der Waals surface area contributed by atoms with Crippen molar-refractivity contribution < 1.29 is 0 Å². The Morgan fingerprint density at radius 3 is 2.75 bits per heavy atom. The second-order valence-electron chi connectivity index (χ2n) is 4.08. The van der Waals surface area contributed by atoms with E-state index in [0.717, 1.165) is 18.9 Å². The molecule has 1 aliphatic heterocycles. The standard InChI is InChI=1S/C10H16N2/c11-7-10-3-1-2-6-12(10)8-9-4-5-9/h9-10H,1-6,8H2. The molecule has 0 aromatic carbocycles. The summed E-state index contributed by atoms with van der Waals surface area (Å²) in [4.78, 5) is 2.39. The Labute approximate surface area is 74.2 Å². The van der Waals surface area contributed by atoms with Crippen LogP contribution in [0.25, 0.3) is 0 Å². The first kappa shape index (κ1) is 8.07. The summed E-state index contributed by atoms with van der Waals surface area (Å²) in [7, 11) is 0. The molecule has 0 N–H and O–H groups in total. The van der Waals surface area contributed by atoms with E-state index in [9.17, 15) is 0 Å². The molecular weight excluding hydrogens is 148 g/mol. The number of likely N-dealkylation sites (tertiary alicyclic amines) is 1. The van der Waals surface area contributed by atoms with Gasteiger partial charge in [-0.2, -0.15) is 5.26 Å². The van der Waals surface area contributed by atoms with Gasteiger partial charge in [0.25, 0.3) is 0 Å². The Morgan fingerprint density at radius 2 is 2.08 bits per heavy atom. The van der Waals surface area contributed by atoms with E-state index in [1.165, 1.54) is 32.2 Å². The third-order valence-corrected chi connectivity index (χ3v) is 2.95. The molecule has 1 aliphatic carbocycles. The number of hydrogen-bond donors (Lipinski definition) is 0. The molecule has 1 unspecified atom stereocenters. The van der Waals surface area contributed by atoms with Crippen LogP contribution in [0.2, 0.25) is 0 Å². The van der Waals surface area contributed by atoms with Gasteiger partial charge in [0.1, 0.15) is 0 Å². The van der Waals surface area contributed by atoms with E-state index in [-0.39, 0.29) is 6.04 Å². The minimum Gasteiger partial charge on any atom is -0.288 e.